The molecule has 10 heteroatoms. The summed E-state index contributed by atoms with van der Waals surface area (Å²) in [7, 11) is 0. The van der Waals surface area contributed by atoms with E-state index in [1.807, 2.05) is 133 Å². The second-order valence-electron chi connectivity index (χ2n) is 14.3. The van der Waals surface area contributed by atoms with Crippen LogP contribution in [0.5, 0.6) is 0 Å². The molecule has 1 saturated carbocycles. The number of rotatable bonds is 15. The molecule has 49 heavy (non-hydrogen) atoms. The Morgan fingerprint density at radius 1 is 0.551 bits per heavy atom. The van der Waals surface area contributed by atoms with Crippen LogP contribution in [-0.4, -0.2) is 72.7 Å². The standard InChI is InChI=1S/C39H53N3O7/c1-38(2,3)48-30(43)22-41-33-35(45-24-27-16-10-7-11-17-27)32(40)36(46-25-28-18-12-8-13-19-28)34(42-23-31(44)49-39(4,5)6)37(33)47-26-29-20-14-9-15-21-29/h7-21,32-37,41-42H,22-26,40H2,1-6H3/t32-,33+,34-,35+,36-,37+. The van der Waals surface area contributed by atoms with Gasteiger partial charge in [0.1, 0.15) is 11.2 Å². The second kappa shape index (κ2) is 17.8. The number of benzene rings is 3. The number of nitrogens with two attached hydrogens (primary N) is 1. The van der Waals surface area contributed by atoms with Crippen molar-refractivity contribution < 1.29 is 33.3 Å². The van der Waals surface area contributed by atoms with Crippen molar-refractivity contribution in [2.75, 3.05) is 13.1 Å². The first-order chi connectivity index (χ1) is 23.3. The van der Waals surface area contributed by atoms with E-state index in [0.717, 1.165) is 16.7 Å². The second-order valence-corrected chi connectivity index (χ2v) is 14.3. The van der Waals surface area contributed by atoms with Crippen molar-refractivity contribution in [3.63, 3.8) is 0 Å². The highest BCUT2D eigenvalue weighted by molar-refractivity contribution is 5.72. The first kappa shape index (κ1) is 38.2. The summed E-state index contributed by atoms with van der Waals surface area (Å²) in [4.78, 5) is 26.0. The summed E-state index contributed by atoms with van der Waals surface area (Å²) in [6.07, 6.45) is -2.00. The van der Waals surface area contributed by atoms with Crippen LogP contribution >= 0.6 is 0 Å². The summed E-state index contributed by atoms with van der Waals surface area (Å²) < 4.78 is 31.2. The van der Waals surface area contributed by atoms with Crippen molar-refractivity contribution >= 4 is 11.9 Å². The Bertz CT molecular complexity index is 1340. The van der Waals surface area contributed by atoms with E-state index in [1.165, 1.54) is 0 Å². The molecular weight excluding hydrogens is 622 g/mol. The van der Waals surface area contributed by atoms with Gasteiger partial charge in [-0.3, -0.25) is 20.2 Å². The lowest BCUT2D eigenvalue weighted by molar-refractivity contribution is -0.166. The maximum atomic E-state index is 13.0. The van der Waals surface area contributed by atoms with Crippen LogP contribution in [0.1, 0.15) is 58.2 Å². The highest BCUT2D eigenvalue weighted by atomic mass is 16.6. The fourth-order valence-corrected chi connectivity index (χ4v) is 5.82. The number of ether oxygens (including phenoxy) is 5. The van der Waals surface area contributed by atoms with Crippen molar-refractivity contribution in [3.8, 4) is 0 Å². The lowest BCUT2D eigenvalue weighted by atomic mass is 9.79. The van der Waals surface area contributed by atoms with E-state index >= 15 is 0 Å². The number of hydrogen-bond donors (Lipinski definition) is 3. The van der Waals surface area contributed by atoms with Crippen molar-refractivity contribution in [1.29, 1.82) is 0 Å². The van der Waals surface area contributed by atoms with Crippen molar-refractivity contribution in [3.05, 3.63) is 108 Å². The van der Waals surface area contributed by atoms with Gasteiger partial charge in [0, 0.05) is 0 Å². The molecule has 0 bridgehead atoms. The first-order valence-corrected chi connectivity index (χ1v) is 16.9. The summed E-state index contributed by atoms with van der Waals surface area (Å²) in [5.74, 6) is -0.851. The summed E-state index contributed by atoms with van der Waals surface area (Å²) in [6, 6.07) is 27.5. The van der Waals surface area contributed by atoms with Gasteiger partial charge in [0.2, 0.25) is 0 Å². The van der Waals surface area contributed by atoms with Crippen molar-refractivity contribution in [1.82, 2.24) is 10.6 Å². The van der Waals surface area contributed by atoms with E-state index in [1.54, 1.807) is 0 Å². The average Bonchev–Trinajstić information content (AvgIpc) is 3.04. The van der Waals surface area contributed by atoms with E-state index in [9.17, 15) is 9.59 Å². The van der Waals surface area contributed by atoms with Crippen molar-refractivity contribution in [2.24, 2.45) is 5.73 Å². The number of nitrogens with one attached hydrogen (secondary N) is 2. The number of hydrogen-bond acceptors (Lipinski definition) is 10. The maximum absolute atomic E-state index is 13.0. The van der Waals surface area contributed by atoms with Crippen LogP contribution < -0.4 is 16.4 Å². The van der Waals surface area contributed by atoms with E-state index in [2.05, 4.69) is 10.6 Å². The Hall–Kier alpha value is -3.64. The SMILES string of the molecule is CC(C)(C)OC(=O)CN[C@@H]1[C@H](OCc2ccccc2)[C@H](NCC(=O)OC(C)(C)C)[C@H](OCc2ccccc2)[C@H](N)[C@@H]1OCc1ccccc1. The molecule has 0 saturated heterocycles. The third-order valence-corrected chi connectivity index (χ3v) is 7.83. The van der Waals surface area contributed by atoms with Crippen LogP contribution in [0.25, 0.3) is 0 Å². The minimum absolute atomic E-state index is 0.112. The molecule has 10 nitrogen and oxygen atoms in total. The van der Waals surface area contributed by atoms with Gasteiger partial charge in [-0.2, -0.15) is 0 Å². The third-order valence-electron chi connectivity index (χ3n) is 7.83. The average molecular weight is 676 g/mol. The Morgan fingerprint density at radius 2 is 0.857 bits per heavy atom. The van der Waals surface area contributed by atoms with Crippen LogP contribution in [0.3, 0.4) is 0 Å². The Kier molecular flexibility index (Phi) is 13.9. The molecule has 1 fully saturated rings. The molecule has 4 N–H and O–H groups in total. The smallest absolute Gasteiger partial charge is 0.320 e. The quantitative estimate of drug-likeness (QED) is 0.195. The Labute approximate surface area is 291 Å². The van der Waals surface area contributed by atoms with Gasteiger partial charge in [0.15, 0.2) is 0 Å². The molecule has 6 atom stereocenters. The minimum Gasteiger partial charge on any atom is -0.459 e. The highest BCUT2D eigenvalue weighted by Crippen LogP contribution is 2.30. The molecule has 0 aliphatic heterocycles. The predicted molar refractivity (Wildman–Crippen MR) is 188 cm³/mol. The molecule has 0 heterocycles. The Balaban J connectivity index is 1.71. The van der Waals surface area contributed by atoms with Crippen LogP contribution in [-0.2, 0) is 53.1 Å². The molecule has 0 aromatic heterocycles. The third kappa shape index (κ3) is 12.6. The van der Waals surface area contributed by atoms with Crippen LogP contribution in [0.4, 0.5) is 0 Å². The molecular formula is C39H53N3O7. The zero-order valence-electron chi connectivity index (χ0n) is 29.6. The van der Waals surface area contributed by atoms with Gasteiger partial charge in [0.05, 0.1) is 69.3 Å². The molecule has 266 valence electrons. The predicted octanol–water partition coefficient (Wildman–Crippen LogP) is 4.68. The minimum atomic E-state index is -0.698. The molecule has 1 aliphatic rings. The molecule has 0 radical (unpaired) electrons. The van der Waals surface area contributed by atoms with Gasteiger partial charge in [-0.15, -0.1) is 0 Å². The summed E-state index contributed by atoms with van der Waals surface area (Å²) in [5.41, 5.74) is 8.66. The zero-order chi connectivity index (χ0) is 35.4. The molecule has 3 aromatic rings. The number of carbonyl (C=O) groups excluding carboxylic acids is 2. The largest absolute Gasteiger partial charge is 0.459 e. The molecule has 1 aliphatic carbocycles. The maximum Gasteiger partial charge on any atom is 0.320 e. The normalized spacial score (nSPS) is 22.8. The van der Waals surface area contributed by atoms with Gasteiger partial charge in [-0.25, -0.2) is 0 Å². The first-order valence-electron chi connectivity index (χ1n) is 16.9. The summed E-state index contributed by atoms with van der Waals surface area (Å²) >= 11 is 0. The van der Waals surface area contributed by atoms with E-state index in [4.69, 9.17) is 29.4 Å². The number of carbonyl (C=O) groups is 2. The summed E-state index contributed by atoms with van der Waals surface area (Å²) in [6.45, 7) is 11.5. The molecule has 3 aromatic carbocycles. The topological polar surface area (TPSA) is 130 Å². The lowest BCUT2D eigenvalue weighted by Crippen LogP contribution is -2.74. The fourth-order valence-electron chi connectivity index (χ4n) is 5.82. The molecule has 0 unspecified atom stereocenters. The van der Waals surface area contributed by atoms with Crippen LogP contribution in [0, 0.1) is 0 Å². The van der Waals surface area contributed by atoms with Gasteiger partial charge in [0.25, 0.3) is 0 Å². The zero-order valence-corrected chi connectivity index (χ0v) is 29.6. The van der Waals surface area contributed by atoms with E-state index in [-0.39, 0.29) is 32.9 Å². The van der Waals surface area contributed by atoms with E-state index in [0.29, 0.717) is 0 Å². The number of esters is 2. The van der Waals surface area contributed by atoms with Crippen LogP contribution in [0.2, 0.25) is 0 Å². The fraction of sp³-hybridized carbons (Fsp3) is 0.487. The van der Waals surface area contributed by atoms with Crippen molar-refractivity contribution in [2.45, 2.75) is 109 Å². The van der Waals surface area contributed by atoms with Gasteiger partial charge in [-0.05, 0) is 58.2 Å². The monoisotopic (exact) mass is 675 g/mol. The van der Waals surface area contributed by atoms with Gasteiger partial charge in [-0.1, -0.05) is 91.0 Å². The Morgan fingerprint density at radius 3 is 1.16 bits per heavy atom. The van der Waals surface area contributed by atoms with Gasteiger partial charge >= 0.3 is 11.9 Å². The molecule has 0 amide bonds. The molecule has 4 rings (SSSR count). The van der Waals surface area contributed by atoms with Crippen LogP contribution in [0.15, 0.2) is 91.0 Å². The van der Waals surface area contributed by atoms with E-state index < -0.39 is 59.6 Å². The lowest BCUT2D eigenvalue weighted by Gasteiger charge is -2.50. The highest BCUT2D eigenvalue weighted by Gasteiger charge is 2.52. The summed E-state index contributed by atoms with van der Waals surface area (Å²) in [5, 5.41) is 6.76. The van der Waals surface area contributed by atoms with Gasteiger partial charge < -0.3 is 29.4 Å². The molecule has 0 spiro atoms.